The molecule has 1 heterocycles. The minimum Gasteiger partial charge on any atom is -0.493 e. The van der Waals surface area contributed by atoms with E-state index in [1.54, 1.807) is 36.4 Å². The largest absolute Gasteiger partial charge is 0.493 e. The van der Waals surface area contributed by atoms with E-state index in [0.717, 1.165) is 11.3 Å². The van der Waals surface area contributed by atoms with E-state index in [2.05, 4.69) is 20.5 Å². The molecule has 2 amide bonds. The molecule has 4 rings (SSSR count). The van der Waals surface area contributed by atoms with Crippen molar-refractivity contribution >= 4 is 40.2 Å². The van der Waals surface area contributed by atoms with Gasteiger partial charge in [-0.15, -0.1) is 10.2 Å². The first-order valence-corrected chi connectivity index (χ1v) is 10.9. The molecular formula is C27H25N5O3. The van der Waals surface area contributed by atoms with Crippen molar-refractivity contribution in [1.29, 1.82) is 0 Å². The Morgan fingerprint density at radius 3 is 2.40 bits per heavy atom. The highest BCUT2D eigenvalue weighted by molar-refractivity contribution is 6.05. The van der Waals surface area contributed by atoms with Gasteiger partial charge in [0.15, 0.2) is 5.69 Å². The Bertz CT molecular complexity index is 1440. The summed E-state index contributed by atoms with van der Waals surface area (Å²) in [6, 6.07) is 21.6. The van der Waals surface area contributed by atoms with Gasteiger partial charge in [-0.1, -0.05) is 42.0 Å². The van der Waals surface area contributed by atoms with Crippen LogP contribution in [0.4, 0.5) is 11.4 Å². The minimum atomic E-state index is -0.757. The Kier molecular flexibility index (Phi) is 6.73. The summed E-state index contributed by atoms with van der Waals surface area (Å²) in [5.74, 6) is -1.40. The van der Waals surface area contributed by atoms with Crippen LogP contribution in [0.3, 0.4) is 0 Å². The zero-order valence-electron chi connectivity index (χ0n) is 19.6. The number of H-pyrrole nitrogens is 1. The lowest BCUT2D eigenvalue weighted by molar-refractivity contribution is -0.115. The molecule has 0 aliphatic rings. The molecule has 0 radical (unpaired) electrons. The molecule has 4 aromatic rings. The molecule has 0 unspecified atom stereocenters. The van der Waals surface area contributed by atoms with E-state index in [-0.39, 0.29) is 17.3 Å². The van der Waals surface area contributed by atoms with Crippen molar-refractivity contribution in [1.82, 2.24) is 10.3 Å². The van der Waals surface area contributed by atoms with Crippen LogP contribution >= 0.6 is 0 Å². The van der Waals surface area contributed by atoms with Gasteiger partial charge in [-0.2, -0.15) is 0 Å². The van der Waals surface area contributed by atoms with Gasteiger partial charge in [0.05, 0.1) is 5.52 Å². The maximum atomic E-state index is 13.1. The fraction of sp³-hybridized carbons (Fsp3) is 0.111. The lowest BCUT2D eigenvalue weighted by Gasteiger charge is -2.12. The molecule has 0 aliphatic heterocycles. The van der Waals surface area contributed by atoms with E-state index in [0.29, 0.717) is 22.0 Å². The minimum absolute atomic E-state index is 0.0456. The molecule has 0 aliphatic carbocycles. The van der Waals surface area contributed by atoms with E-state index in [1.807, 2.05) is 68.4 Å². The molecule has 35 heavy (non-hydrogen) atoms. The molecule has 8 heteroatoms. The number of aromatic hydroxyl groups is 1. The highest BCUT2D eigenvalue weighted by Gasteiger charge is 2.16. The fourth-order valence-corrected chi connectivity index (χ4v) is 3.50. The SMILES string of the molecule is Cc1ccc2[nH]c(O)c(N=NC(=O)C(=Cc3ccc(N(C)C)cc3)NC(=O)c3ccccc3)c2c1. The average molecular weight is 468 g/mol. The first kappa shape index (κ1) is 23.4. The fourth-order valence-electron chi connectivity index (χ4n) is 3.50. The normalized spacial score (nSPS) is 11.7. The molecule has 3 N–H and O–H groups in total. The van der Waals surface area contributed by atoms with Crippen molar-refractivity contribution in [2.24, 2.45) is 10.2 Å². The highest BCUT2D eigenvalue weighted by atomic mass is 16.3. The Morgan fingerprint density at radius 1 is 1.00 bits per heavy atom. The van der Waals surface area contributed by atoms with E-state index in [1.165, 1.54) is 0 Å². The zero-order chi connectivity index (χ0) is 24.9. The van der Waals surface area contributed by atoms with E-state index < -0.39 is 11.8 Å². The quantitative estimate of drug-likeness (QED) is 0.263. The van der Waals surface area contributed by atoms with Crippen LogP contribution in [0.1, 0.15) is 21.5 Å². The third-order valence-electron chi connectivity index (χ3n) is 5.38. The topological polar surface area (TPSA) is 110 Å². The van der Waals surface area contributed by atoms with Crippen LogP contribution < -0.4 is 10.2 Å². The number of azo groups is 1. The number of aromatic nitrogens is 1. The lowest BCUT2D eigenvalue weighted by atomic mass is 10.1. The summed E-state index contributed by atoms with van der Waals surface area (Å²) >= 11 is 0. The van der Waals surface area contributed by atoms with E-state index in [4.69, 9.17) is 0 Å². The standard InChI is InChI=1S/C27H25N5O3/c1-17-9-14-22-21(15-17)24(27(35)28-22)30-31-26(34)23(29-25(33)19-7-5-4-6-8-19)16-18-10-12-20(13-11-18)32(2)3/h4-16,28,35H,1-3H3,(H,29,33). The molecule has 3 aromatic carbocycles. The number of hydrogen-bond donors (Lipinski definition) is 3. The van der Waals surface area contributed by atoms with Crippen molar-refractivity contribution < 1.29 is 14.7 Å². The molecule has 0 saturated heterocycles. The van der Waals surface area contributed by atoms with Crippen molar-refractivity contribution in [3.8, 4) is 5.88 Å². The Hall–Kier alpha value is -4.72. The van der Waals surface area contributed by atoms with Crippen LogP contribution in [0.15, 0.2) is 88.7 Å². The summed E-state index contributed by atoms with van der Waals surface area (Å²) in [7, 11) is 3.86. The number of carbonyl (C=O) groups is 2. The van der Waals surface area contributed by atoms with Gasteiger partial charge in [-0.05, 0) is 55.0 Å². The third-order valence-corrected chi connectivity index (χ3v) is 5.38. The third kappa shape index (κ3) is 5.44. The van der Waals surface area contributed by atoms with Gasteiger partial charge >= 0.3 is 5.91 Å². The Balaban J connectivity index is 1.67. The van der Waals surface area contributed by atoms with Gasteiger partial charge in [-0.3, -0.25) is 9.59 Å². The van der Waals surface area contributed by atoms with Gasteiger partial charge in [0.1, 0.15) is 5.70 Å². The zero-order valence-corrected chi connectivity index (χ0v) is 19.6. The van der Waals surface area contributed by atoms with Gasteiger partial charge in [0, 0.05) is 30.7 Å². The molecule has 0 spiro atoms. The molecule has 0 fully saturated rings. The number of rotatable bonds is 6. The molecule has 0 atom stereocenters. The second-order valence-electron chi connectivity index (χ2n) is 8.24. The van der Waals surface area contributed by atoms with Crippen LogP contribution in [-0.4, -0.2) is 36.0 Å². The van der Waals surface area contributed by atoms with Gasteiger partial charge in [0.2, 0.25) is 5.88 Å². The second kappa shape index (κ2) is 10.0. The number of fused-ring (bicyclic) bond motifs is 1. The number of nitrogens with zero attached hydrogens (tertiary/aromatic N) is 3. The van der Waals surface area contributed by atoms with Crippen LogP contribution in [0, 0.1) is 6.92 Å². The first-order chi connectivity index (χ1) is 16.8. The molecule has 0 bridgehead atoms. The number of aryl methyl sites for hydroxylation is 1. The van der Waals surface area contributed by atoms with Crippen LogP contribution in [0.25, 0.3) is 17.0 Å². The lowest BCUT2D eigenvalue weighted by Crippen LogP contribution is -2.26. The van der Waals surface area contributed by atoms with Crippen LogP contribution in [0.2, 0.25) is 0 Å². The van der Waals surface area contributed by atoms with Crippen molar-refractivity contribution in [3.05, 3.63) is 95.2 Å². The predicted molar refractivity (Wildman–Crippen MR) is 137 cm³/mol. The van der Waals surface area contributed by atoms with Crippen LogP contribution in [-0.2, 0) is 4.79 Å². The predicted octanol–water partition coefficient (Wildman–Crippen LogP) is 5.33. The number of anilines is 1. The summed E-state index contributed by atoms with van der Waals surface area (Å²) in [5.41, 5.74) is 3.84. The van der Waals surface area contributed by atoms with Gasteiger partial charge in [-0.25, -0.2) is 0 Å². The van der Waals surface area contributed by atoms with Gasteiger partial charge < -0.3 is 20.3 Å². The number of carbonyl (C=O) groups excluding carboxylic acids is 2. The second-order valence-corrected chi connectivity index (χ2v) is 8.24. The average Bonchev–Trinajstić information content (AvgIpc) is 3.16. The molecule has 8 nitrogen and oxygen atoms in total. The maximum absolute atomic E-state index is 13.1. The smallest absolute Gasteiger partial charge is 0.311 e. The number of aromatic amines is 1. The van der Waals surface area contributed by atoms with E-state index >= 15 is 0 Å². The maximum Gasteiger partial charge on any atom is 0.311 e. The van der Waals surface area contributed by atoms with E-state index in [9.17, 15) is 14.7 Å². The molecule has 176 valence electrons. The van der Waals surface area contributed by atoms with Gasteiger partial charge in [0.25, 0.3) is 5.91 Å². The summed E-state index contributed by atoms with van der Waals surface area (Å²) in [4.78, 5) is 30.6. The molecule has 1 aromatic heterocycles. The van der Waals surface area contributed by atoms with Crippen molar-refractivity contribution in [2.75, 3.05) is 19.0 Å². The summed E-state index contributed by atoms with van der Waals surface area (Å²) in [6.45, 7) is 1.91. The Labute approximate surface area is 202 Å². The first-order valence-electron chi connectivity index (χ1n) is 10.9. The van der Waals surface area contributed by atoms with Crippen molar-refractivity contribution in [3.63, 3.8) is 0 Å². The van der Waals surface area contributed by atoms with Crippen LogP contribution in [0.5, 0.6) is 5.88 Å². The molecule has 0 saturated carbocycles. The number of nitrogens with one attached hydrogen (secondary N) is 2. The number of hydrogen-bond acceptors (Lipinski definition) is 5. The monoisotopic (exact) mass is 467 g/mol. The number of amides is 2. The summed E-state index contributed by atoms with van der Waals surface area (Å²) < 4.78 is 0. The van der Waals surface area contributed by atoms with Crippen molar-refractivity contribution in [2.45, 2.75) is 6.92 Å². The highest BCUT2D eigenvalue weighted by Crippen LogP contribution is 2.36. The summed E-state index contributed by atoms with van der Waals surface area (Å²) in [6.07, 6.45) is 1.54. The molecular weight excluding hydrogens is 442 g/mol. The number of benzene rings is 3. The Morgan fingerprint density at radius 2 is 1.71 bits per heavy atom. The summed E-state index contributed by atoms with van der Waals surface area (Å²) in [5, 5.41) is 21.4.